The molecule has 7 rings (SSSR count). The summed E-state index contributed by atoms with van der Waals surface area (Å²) in [7, 11) is -3.54. The van der Waals surface area contributed by atoms with Gasteiger partial charge in [-0.25, -0.2) is 28.2 Å². The molecular weight excluding hydrogens is 927 g/mol. The maximum absolute atomic E-state index is 13.9. The lowest BCUT2D eigenvalue weighted by molar-refractivity contribution is -0.172. The third-order valence-electron chi connectivity index (χ3n) is 12.1. The van der Waals surface area contributed by atoms with Crippen molar-refractivity contribution in [2.24, 2.45) is 11.7 Å². The van der Waals surface area contributed by atoms with Gasteiger partial charge in [0.15, 0.2) is 17.1 Å². The Kier molecular flexibility index (Phi) is 15.6. The standard InChI is InChI=1S/C48H55N9O12S/c1-5-48(64)33-19-36-42-31(24-57(36)45(62)32(33)25-67-46(48)63)29(30-18-37-38(69-26-68-37)20-35(30)54-42)13-11-17-50-40(59)23-51-43(60)34(14-9-10-16-49)55-44(61)41(27(2)3)56-39(58)15-8-6-7-12-28-21-52-47(53-22-28)70(4,65)66/h11,13,18-22,27,34,41,64H,5-6,8-10,14-17,23-26,49H2,1-4H3,(H,50,59)(H,51,60)(H,55,61)(H,56,58)/b13-11+/t34-,41-,48-/m0/s1. The van der Waals surface area contributed by atoms with Crippen molar-refractivity contribution in [3.8, 4) is 34.7 Å². The van der Waals surface area contributed by atoms with Gasteiger partial charge in [-0.15, -0.1) is 0 Å². The second-order valence-corrected chi connectivity index (χ2v) is 19.3. The number of nitrogens with one attached hydrogen (secondary N) is 4. The molecule has 0 saturated heterocycles. The van der Waals surface area contributed by atoms with Crippen LogP contribution in [0.15, 0.2) is 46.6 Å². The number of cyclic esters (lactones) is 1. The van der Waals surface area contributed by atoms with Crippen LogP contribution in [-0.4, -0.2) is 107 Å². The van der Waals surface area contributed by atoms with Crippen LogP contribution >= 0.6 is 0 Å². The van der Waals surface area contributed by atoms with Gasteiger partial charge in [0.05, 0.1) is 41.1 Å². The van der Waals surface area contributed by atoms with Crippen LogP contribution in [0.1, 0.15) is 93.5 Å². The van der Waals surface area contributed by atoms with Crippen LogP contribution in [0.4, 0.5) is 0 Å². The maximum Gasteiger partial charge on any atom is 0.343 e. The van der Waals surface area contributed by atoms with E-state index in [2.05, 4.69) is 43.1 Å². The van der Waals surface area contributed by atoms with Gasteiger partial charge in [0.1, 0.15) is 18.7 Å². The molecule has 0 bridgehead atoms. The number of fused-ring (bicyclic) bond motifs is 6. The van der Waals surface area contributed by atoms with E-state index in [1.807, 2.05) is 0 Å². The number of hydrogen-bond acceptors (Lipinski definition) is 16. The van der Waals surface area contributed by atoms with Crippen LogP contribution in [-0.2, 0) is 57.3 Å². The fraction of sp³-hybridized carbons (Fsp3) is 0.438. The highest BCUT2D eigenvalue weighted by molar-refractivity contribution is 7.90. The van der Waals surface area contributed by atoms with Gasteiger partial charge in [-0.1, -0.05) is 44.8 Å². The van der Waals surface area contributed by atoms with Gasteiger partial charge in [-0.3, -0.25) is 24.0 Å². The minimum atomic E-state index is -3.54. The van der Waals surface area contributed by atoms with Gasteiger partial charge in [-0.05, 0) is 62.3 Å². The number of unbranched alkanes of at least 4 members (excludes halogenated alkanes) is 2. The molecule has 22 heteroatoms. The number of nitrogens with two attached hydrogens (primary N) is 1. The zero-order valence-corrected chi connectivity index (χ0v) is 40.0. The Labute approximate surface area is 403 Å². The van der Waals surface area contributed by atoms with Crippen molar-refractivity contribution in [1.29, 1.82) is 0 Å². The summed E-state index contributed by atoms with van der Waals surface area (Å²) in [4.78, 5) is 92.2. The van der Waals surface area contributed by atoms with Gasteiger partial charge in [-0.2, -0.15) is 0 Å². The van der Waals surface area contributed by atoms with Crippen molar-refractivity contribution in [1.82, 2.24) is 40.8 Å². The van der Waals surface area contributed by atoms with Crippen molar-refractivity contribution < 1.29 is 51.7 Å². The quantitative estimate of drug-likeness (QED) is 0.0293. The smallest absolute Gasteiger partial charge is 0.343 e. The number of benzene rings is 1. The van der Waals surface area contributed by atoms with Gasteiger partial charge in [0.25, 0.3) is 5.56 Å². The highest BCUT2D eigenvalue weighted by Gasteiger charge is 2.45. The van der Waals surface area contributed by atoms with Crippen molar-refractivity contribution in [2.75, 3.05) is 32.7 Å². The van der Waals surface area contributed by atoms with Gasteiger partial charge in [0, 0.05) is 60.6 Å². The second-order valence-electron chi connectivity index (χ2n) is 17.4. The molecule has 0 unspecified atom stereocenters. The summed E-state index contributed by atoms with van der Waals surface area (Å²) in [6.45, 7) is 5.03. The number of carbonyl (C=O) groups is 5. The molecule has 6 heterocycles. The molecule has 3 atom stereocenters. The maximum atomic E-state index is 13.9. The summed E-state index contributed by atoms with van der Waals surface area (Å²) in [5, 5.41) is 22.6. The number of amides is 4. The molecule has 7 N–H and O–H groups in total. The van der Waals surface area contributed by atoms with E-state index >= 15 is 0 Å². The summed E-state index contributed by atoms with van der Waals surface area (Å²) in [6.07, 6.45) is 9.19. The van der Waals surface area contributed by atoms with Crippen LogP contribution in [0, 0.1) is 17.8 Å². The molecule has 3 aromatic heterocycles. The Hall–Kier alpha value is -7.22. The summed E-state index contributed by atoms with van der Waals surface area (Å²) in [5.41, 5.74) is 6.88. The number of aromatic nitrogens is 4. The Balaban J connectivity index is 0.966. The SMILES string of the molecule is CC[C@@]1(O)C(=O)OCc2c1cc1n(c2=O)Cc2c-1nc1cc3c(cc1c2/C=C/CNC(=O)CNC(=O)[C@H](CCCCN)NC(=O)[C@@H](NC(=O)CCCC#Cc1cnc(S(C)(=O)=O)nc1)C(C)C)OCO3. The first-order valence-electron chi connectivity index (χ1n) is 22.9. The average molecular weight is 982 g/mol. The number of nitrogens with zero attached hydrogens (tertiary/aromatic N) is 4. The van der Waals surface area contributed by atoms with E-state index in [0.29, 0.717) is 82.7 Å². The topological polar surface area (TPSA) is 302 Å². The molecule has 370 valence electrons. The first kappa shape index (κ1) is 50.7. The Morgan fingerprint density at radius 2 is 1.71 bits per heavy atom. The lowest BCUT2D eigenvalue weighted by Crippen LogP contribution is -2.56. The summed E-state index contributed by atoms with van der Waals surface area (Å²) < 4.78 is 41.2. The molecule has 4 amide bonds. The lowest BCUT2D eigenvalue weighted by Gasteiger charge is -2.31. The number of sulfone groups is 1. The first-order chi connectivity index (χ1) is 33.4. The number of esters is 1. The molecule has 0 radical (unpaired) electrons. The number of carbonyl (C=O) groups excluding carboxylic acids is 5. The van der Waals surface area contributed by atoms with Crippen LogP contribution in [0.25, 0.3) is 28.4 Å². The van der Waals surface area contributed by atoms with Gasteiger partial charge < -0.3 is 50.9 Å². The molecule has 1 aromatic carbocycles. The van der Waals surface area contributed by atoms with Crippen molar-refractivity contribution in [3.63, 3.8) is 0 Å². The first-order valence-corrected chi connectivity index (χ1v) is 24.8. The van der Waals surface area contributed by atoms with Crippen molar-refractivity contribution >= 4 is 56.4 Å². The van der Waals surface area contributed by atoms with E-state index < -0.39 is 63.3 Å². The highest BCUT2D eigenvalue weighted by Crippen LogP contribution is 2.43. The van der Waals surface area contributed by atoms with Crippen LogP contribution < -0.4 is 42.0 Å². The minimum absolute atomic E-state index is 0.00571. The van der Waals surface area contributed by atoms with Crippen molar-refractivity contribution in [3.05, 3.63) is 74.8 Å². The third kappa shape index (κ3) is 11.1. The number of pyridine rings is 2. The number of aliphatic hydroxyl groups is 1. The highest BCUT2D eigenvalue weighted by atomic mass is 32.2. The molecule has 0 fully saturated rings. The Bertz CT molecular complexity index is 3000. The molecule has 0 aliphatic carbocycles. The normalized spacial score (nSPS) is 16.4. The summed E-state index contributed by atoms with van der Waals surface area (Å²) in [5.74, 6) is 3.48. The fourth-order valence-corrected chi connectivity index (χ4v) is 8.76. The molecule has 0 saturated carbocycles. The van der Waals surface area contributed by atoms with Crippen LogP contribution in [0.5, 0.6) is 11.5 Å². The van der Waals surface area contributed by atoms with E-state index in [9.17, 15) is 42.3 Å². The molecule has 0 spiro atoms. The zero-order valence-electron chi connectivity index (χ0n) is 39.2. The largest absolute Gasteiger partial charge is 0.458 e. The Morgan fingerprint density at radius 1 is 0.971 bits per heavy atom. The lowest BCUT2D eigenvalue weighted by atomic mass is 9.86. The minimum Gasteiger partial charge on any atom is -0.458 e. The second kappa shape index (κ2) is 21.6. The zero-order chi connectivity index (χ0) is 50.3. The fourth-order valence-electron chi connectivity index (χ4n) is 8.27. The molecule has 3 aliphatic heterocycles. The number of rotatable bonds is 19. The predicted octanol–water partition coefficient (Wildman–Crippen LogP) is 1.22. The van der Waals surface area contributed by atoms with Gasteiger partial charge >= 0.3 is 5.97 Å². The molecule has 4 aromatic rings. The summed E-state index contributed by atoms with van der Waals surface area (Å²) in [6, 6.07) is 3.16. The van der Waals surface area contributed by atoms with E-state index in [0.717, 1.165) is 6.26 Å². The van der Waals surface area contributed by atoms with Gasteiger partial charge in [0.2, 0.25) is 45.4 Å². The third-order valence-corrected chi connectivity index (χ3v) is 13.0. The number of hydrogen-bond donors (Lipinski definition) is 6. The average Bonchev–Trinajstić information content (AvgIpc) is 3.95. The molecule has 70 heavy (non-hydrogen) atoms. The van der Waals surface area contributed by atoms with E-state index in [1.165, 1.54) is 17.0 Å². The molecular formula is C48H55N9O12S. The summed E-state index contributed by atoms with van der Waals surface area (Å²) >= 11 is 0. The van der Waals surface area contributed by atoms with E-state index in [4.69, 9.17) is 24.9 Å². The molecule has 3 aliphatic rings. The van der Waals surface area contributed by atoms with Crippen LogP contribution in [0.2, 0.25) is 0 Å². The van der Waals surface area contributed by atoms with Crippen LogP contribution in [0.3, 0.4) is 0 Å². The van der Waals surface area contributed by atoms with E-state index in [-0.39, 0.29) is 73.9 Å². The molecule has 21 nitrogen and oxygen atoms in total. The number of ether oxygens (including phenoxy) is 3. The predicted molar refractivity (Wildman–Crippen MR) is 253 cm³/mol. The monoisotopic (exact) mass is 981 g/mol. The van der Waals surface area contributed by atoms with Crippen molar-refractivity contribution in [2.45, 2.75) is 102 Å². The Morgan fingerprint density at radius 3 is 2.41 bits per heavy atom. The van der Waals surface area contributed by atoms with E-state index in [1.54, 1.807) is 51.1 Å².